The number of methoxy groups -OCH3 is 1. The Kier molecular flexibility index (Phi) is 5.91. The van der Waals surface area contributed by atoms with Crippen LogP contribution in [0, 0.1) is 6.92 Å². The van der Waals surface area contributed by atoms with Crippen molar-refractivity contribution in [2.75, 3.05) is 13.7 Å². The lowest BCUT2D eigenvalue weighted by Gasteiger charge is -2.14. The topological polar surface area (TPSA) is 35.5 Å². The molecule has 23 heavy (non-hydrogen) atoms. The van der Waals surface area contributed by atoms with Gasteiger partial charge in [0.25, 0.3) is 0 Å². The molecule has 0 N–H and O–H groups in total. The van der Waals surface area contributed by atoms with Crippen LogP contribution in [0.4, 0.5) is 0 Å². The molecular formula is C18H18Cl2O3. The number of carbonyl (C=O) groups is 1. The summed E-state index contributed by atoms with van der Waals surface area (Å²) in [6, 6.07) is 8.47. The van der Waals surface area contributed by atoms with Crippen molar-refractivity contribution in [3.8, 4) is 11.5 Å². The number of aryl methyl sites for hydroxylation is 1. The molecule has 0 spiro atoms. The first-order chi connectivity index (χ1) is 11.0. The number of hydrogen-bond donors (Lipinski definition) is 0. The number of carbonyl (C=O) groups excluding carboxylic acids is 1. The van der Waals surface area contributed by atoms with E-state index in [0.717, 1.165) is 12.0 Å². The highest BCUT2D eigenvalue weighted by molar-refractivity contribution is 6.41. The van der Waals surface area contributed by atoms with E-state index < -0.39 is 0 Å². The Morgan fingerprint density at radius 1 is 1.13 bits per heavy atom. The van der Waals surface area contributed by atoms with Gasteiger partial charge in [-0.3, -0.25) is 4.79 Å². The molecule has 0 saturated carbocycles. The molecule has 2 rings (SSSR count). The Morgan fingerprint density at radius 2 is 1.78 bits per heavy atom. The van der Waals surface area contributed by atoms with Crippen LogP contribution in [-0.2, 0) is 0 Å². The second-order valence-electron chi connectivity index (χ2n) is 5.09. The standard InChI is InChI=1S/C18H18Cl2O3/c1-4-8-23-16-10-12(11(2)9-15(16)22-3)18(21)17-13(19)6-5-7-14(17)20/h5-7,9-10H,4,8H2,1-3H3. The van der Waals surface area contributed by atoms with Crippen molar-refractivity contribution < 1.29 is 14.3 Å². The lowest BCUT2D eigenvalue weighted by Crippen LogP contribution is -2.07. The van der Waals surface area contributed by atoms with Crippen molar-refractivity contribution in [3.05, 3.63) is 57.1 Å². The number of halogens is 2. The minimum absolute atomic E-state index is 0.234. The molecule has 5 heteroatoms. The van der Waals surface area contributed by atoms with E-state index in [9.17, 15) is 4.79 Å². The average molecular weight is 353 g/mol. The van der Waals surface area contributed by atoms with Gasteiger partial charge in [-0.15, -0.1) is 0 Å². The van der Waals surface area contributed by atoms with Gasteiger partial charge in [-0.25, -0.2) is 0 Å². The molecule has 0 aliphatic carbocycles. The zero-order valence-electron chi connectivity index (χ0n) is 13.3. The summed E-state index contributed by atoms with van der Waals surface area (Å²) < 4.78 is 11.0. The van der Waals surface area contributed by atoms with Crippen LogP contribution in [0.5, 0.6) is 11.5 Å². The van der Waals surface area contributed by atoms with E-state index in [2.05, 4.69) is 0 Å². The van der Waals surface area contributed by atoms with Crippen molar-refractivity contribution in [2.45, 2.75) is 20.3 Å². The van der Waals surface area contributed by atoms with Gasteiger partial charge in [-0.1, -0.05) is 36.2 Å². The third-order valence-corrected chi connectivity index (χ3v) is 4.04. The van der Waals surface area contributed by atoms with Crippen LogP contribution in [0.15, 0.2) is 30.3 Å². The van der Waals surface area contributed by atoms with Crippen LogP contribution >= 0.6 is 23.2 Å². The monoisotopic (exact) mass is 352 g/mol. The van der Waals surface area contributed by atoms with Gasteiger partial charge >= 0.3 is 0 Å². The van der Waals surface area contributed by atoms with E-state index in [4.69, 9.17) is 32.7 Å². The Labute approximate surface area is 146 Å². The van der Waals surface area contributed by atoms with Crippen LogP contribution in [-0.4, -0.2) is 19.5 Å². The minimum atomic E-state index is -0.234. The SMILES string of the molecule is CCCOc1cc(C(=O)c2c(Cl)cccc2Cl)c(C)cc1OC. The van der Waals surface area contributed by atoms with Gasteiger partial charge in [-0.05, 0) is 43.2 Å². The molecule has 0 atom stereocenters. The Morgan fingerprint density at radius 3 is 2.35 bits per heavy atom. The molecule has 122 valence electrons. The van der Waals surface area contributed by atoms with Crippen molar-refractivity contribution in [1.29, 1.82) is 0 Å². The first-order valence-electron chi connectivity index (χ1n) is 7.29. The molecule has 0 fully saturated rings. The van der Waals surface area contributed by atoms with Gasteiger partial charge in [0.05, 0.1) is 29.3 Å². The van der Waals surface area contributed by atoms with Gasteiger partial charge in [0.2, 0.25) is 0 Å². The second-order valence-corrected chi connectivity index (χ2v) is 5.91. The first kappa shape index (κ1) is 17.6. The molecule has 0 radical (unpaired) electrons. The highest BCUT2D eigenvalue weighted by Gasteiger charge is 2.20. The summed E-state index contributed by atoms with van der Waals surface area (Å²) in [5, 5.41) is 0.655. The smallest absolute Gasteiger partial charge is 0.196 e. The van der Waals surface area contributed by atoms with Gasteiger partial charge in [0, 0.05) is 5.56 Å². The van der Waals surface area contributed by atoms with Crippen molar-refractivity contribution >= 4 is 29.0 Å². The van der Waals surface area contributed by atoms with Crippen LogP contribution in [0.1, 0.15) is 34.8 Å². The normalized spacial score (nSPS) is 10.5. The van der Waals surface area contributed by atoms with Gasteiger partial charge in [-0.2, -0.15) is 0 Å². The maximum absolute atomic E-state index is 12.9. The van der Waals surface area contributed by atoms with E-state index in [1.54, 1.807) is 37.4 Å². The summed E-state index contributed by atoms with van der Waals surface area (Å²) in [6.45, 7) is 4.39. The largest absolute Gasteiger partial charge is 0.493 e. The number of hydrogen-bond acceptors (Lipinski definition) is 3. The lowest BCUT2D eigenvalue weighted by molar-refractivity contribution is 0.103. The molecule has 3 nitrogen and oxygen atoms in total. The highest BCUT2D eigenvalue weighted by atomic mass is 35.5. The number of ketones is 1. The van der Waals surface area contributed by atoms with E-state index in [1.165, 1.54) is 0 Å². The molecule has 0 saturated heterocycles. The first-order valence-corrected chi connectivity index (χ1v) is 8.05. The molecule has 0 bridgehead atoms. The summed E-state index contributed by atoms with van der Waals surface area (Å²) in [4.78, 5) is 12.9. The molecule has 0 aliphatic heterocycles. The molecule has 0 heterocycles. The van der Waals surface area contributed by atoms with Crippen LogP contribution in [0.3, 0.4) is 0 Å². The summed E-state index contributed by atoms with van der Waals surface area (Å²) in [7, 11) is 1.57. The highest BCUT2D eigenvalue weighted by Crippen LogP contribution is 2.34. The van der Waals surface area contributed by atoms with Crippen LogP contribution in [0.2, 0.25) is 10.0 Å². The molecule has 2 aromatic carbocycles. The average Bonchev–Trinajstić information content (AvgIpc) is 2.52. The molecule has 0 aromatic heterocycles. The summed E-state index contributed by atoms with van der Waals surface area (Å²) in [5.74, 6) is 0.895. The number of benzene rings is 2. The van der Waals surface area contributed by atoms with Crippen molar-refractivity contribution in [2.24, 2.45) is 0 Å². The molecule has 0 amide bonds. The number of rotatable bonds is 6. The van der Waals surface area contributed by atoms with Crippen molar-refractivity contribution in [1.82, 2.24) is 0 Å². The zero-order chi connectivity index (χ0) is 17.0. The summed E-state index contributed by atoms with van der Waals surface area (Å²) >= 11 is 12.3. The van der Waals surface area contributed by atoms with Gasteiger partial charge < -0.3 is 9.47 Å². The van der Waals surface area contributed by atoms with E-state index in [1.807, 2.05) is 13.8 Å². The molecular weight excluding hydrogens is 335 g/mol. The Hall–Kier alpha value is -1.71. The fraction of sp³-hybridized carbons (Fsp3) is 0.278. The summed E-state index contributed by atoms with van der Waals surface area (Å²) in [5.41, 5.74) is 1.56. The van der Waals surface area contributed by atoms with Crippen molar-refractivity contribution in [3.63, 3.8) is 0 Å². The maximum atomic E-state index is 12.9. The quantitative estimate of drug-likeness (QED) is 0.659. The molecule has 2 aromatic rings. The third-order valence-electron chi connectivity index (χ3n) is 3.41. The Bertz CT molecular complexity index is 706. The second kappa shape index (κ2) is 7.71. The van der Waals surface area contributed by atoms with Crippen LogP contribution < -0.4 is 9.47 Å². The molecule has 0 aliphatic rings. The van der Waals surface area contributed by atoms with Crippen LogP contribution in [0.25, 0.3) is 0 Å². The van der Waals surface area contributed by atoms with E-state index in [0.29, 0.717) is 39.3 Å². The van der Waals surface area contributed by atoms with E-state index in [-0.39, 0.29) is 5.78 Å². The summed E-state index contributed by atoms with van der Waals surface area (Å²) in [6.07, 6.45) is 0.858. The minimum Gasteiger partial charge on any atom is -0.493 e. The maximum Gasteiger partial charge on any atom is 0.196 e. The van der Waals surface area contributed by atoms with Gasteiger partial charge in [0.1, 0.15) is 0 Å². The van der Waals surface area contributed by atoms with E-state index >= 15 is 0 Å². The predicted octanol–water partition coefficient (Wildman–Crippen LogP) is 5.33. The fourth-order valence-corrected chi connectivity index (χ4v) is 2.81. The lowest BCUT2D eigenvalue weighted by atomic mass is 9.98. The molecule has 0 unspecified atom stereocenters. The third kappa shape index (κ3) is 3.80. The van der Waals surface area contributed by atoms with Gasteiger partial charge in [0.15, 0.2) is 17.3 Å². The fourth-order valence-electron chi connectivity index (χ4n) is 2.24. The number of ether oxygens (including phenoxy) is 2. The Balaban J connectivity index is 2.52. The predicted molar refractivity (Wildman–Crippen MR) is 93.4 cm³/mol. The zero-order valence-corrected chi connectivity index (χ0v) is 14.8.